The molecule has 3 heterocycles. The maximum Gasteiger partial charge on any atom is 0.261 e. The van der Waals surface area contributed by atoms with E-state index in [2.05, 4.69) is 35.1 Å². The van der Waals surface area contributed by atoms with E-state index in [1.165, 1.54) is 0 Å². The maximum atomic E-state index is 14.1. The Morgan fingerprint density at radius 2 is 1.82 bits per heavy atom. The lowest BCUT2D eigenvalue weighted by Crippen LogP contribution is -2.46. The van der Waals surface area contributed by atoms with Gasteiger partial charge in [0.2, 0.25) is 0 Å². The standard InChI is InChI=1S/C30H32BrN5O3/c1-17(2)12-22-15-33-36-26-16-34(29(38)21-8-11-25(31)18(3)13-21)19(4)14-24(26)30(39)35(28(22)36)23-9-6-20(7-10-23)27(37)32-5/h6-11,13,15,17,19H,12,14,16H2,1-5H3,(H,32,37)/t19-/m0/s1. The molecule has 4 aromatic rings. The minimum absolute atomic E-state index is 0.0690. The number of carbonyl (C=O) groups excluding carboxylic acids is 2. The Hall–Kier alpha value is -3.72. The first kappa shape index (κ1) is 26.9. The minimum Gasteiger partial charge on any atom is -0.355 e. The third-order valence-corrected chi connectivity index (χ3v) is 8.24. The van der Waals surface area contributed by atoms with Crippen molar-refractivity contribution in [3.05, 3.63) is 97.0 Å². The van der Waals surface area contributed by atoms with Gasteiger partial charge in [-0.25, -0.2) is 4.52 Å². The first-order chi connectivity index (χ1) is 18.6. The van der Waals surface area contributed by atoms with Crippen molar-refractivity contribution in [2.75, 3.05) is 7.05 Å². The average molecular weight is 591 g/mol. The van der Waals surface area contributed by atoms with E-state index in [0.29, 0.717) is 40.4 Å². The Bertz CT molecular complexity index is 1650. The van der Waals surface area contributed by atoms with E-state index in [1.807, 2.05) is 47.7 Å². The first-order valence-corrected chi connectivity index (χ1v) is 13.9. The summed E-state index contributed by atoms with van der Waals surface area (Å²) in [7, 11) is 1.59. The summed E-state index contributed by atoms with van der Waals surface area (Å²) in [6.07, 6.45) is 2.99. The van der Waals surface area contributed by atoms with Crippen molar-refractivity contribution in [2.24, 2.45) is 5.92 Å². The maximum absolute atomic E-state index is 14.1. The van der Waals surface area contributed by atoms with Crippen molar-refractivity contribution in [1.29, 1.82) is 0 Å². The van der Waals surface area contributed by atoms with Crippen LogP contribution < -0.4 is 10.9 Å². The number of fused-ring (bicyclic) bond motifs is 3. The van der Waals surface area contributed by atoms with Crippen molar-refractivity contribution in [1.82, 2.24) is 24.4 Å². The molecule has 8 nitrogen and oxygen atoms in total. The number of benzene rings is 2. The van der Waals surface area contributed by atoms with E-state index in [0.717, 1.165) is 27.7 Å². The fourth-order valence-corrected chi connectivity index (χ4v) is 5.58. The second kappa shape index (κ2) is 10.4. The van der Waals surface area contributed by atoms with Crippen LogP contribution in [0.4, 0.5) is 0 Å². The molecule has 2 aromatic heterocycles. The lowest BCUT2D eigenvalue weighted by atomic mass is 9.97. The van der Waals surface area contributed by atoms with Gasteiger partial charge >= 0.3 is 0 Å². The van der Waals surface area contributed by atoms with Crippen molar-refractivity contribution in [2.45, 2.75) is 53.1 Å². The van der Waals surface area contributed by atoms with E-state index in [-0.39, 0.29) is 30.0 Å². The van der Waals surface area contributed by atoms with Gasteiger partial charge in [0, 0.05) is 39.8 Å². The van der Waals surface area contributed by atoms with Gasteiger partial charge in [-0.3, -0.25) is 19.0 Å². The highest BCUT2D eigenvalue weighted by Crippen LogP contribution is 2.28. The van der Waals surface area contributed by atoms with Crippen molar-refractivity contribution >= 4 is 33.4 Å². The number of hydrogen-bond acceptors (Lipinski definition) is 4. The number of halogens is 1. The molecular formula is C30H32BrN5O3. The second-order valence-corrected chi connectivity index (χ2v) is 11.5. The quantitative estimate of drug-likeness (QED) is 0.365. The highest BCUT2D eigenvalue weighted by atomic mass is 79.9. The summed E-state index contributed by atoms with van der Waals surface area (Å²) < 4.78 is 4.50. The Kier molecular flexibility index (Phi) is 7.20. The van der Waals surface area contributed by atoms with Gasteiger partial charge in [-0.2, -0.15) is 5.10 Å². The van der Waals surface area contributed by atoms with Gasteiger partial charge in [-0.15, -0.1) is 0 Å². The number of carbonyl (C=O) groups is 2. The third kappa shape index (κ3) is 4.80. The molecule has 1 aliphatic heterocycles. The highest BCUT2D eigenvalue weighted by molar-refractivity contribution is 9.10. The van der Waals surface area contributed by atoms with Gasteiger partial charge < -0.3 is 10.2 Å². The second-order valence-electron chi connectivity index (χ2n) is 10.6. The number of aromatic nitrogens is 3. The van der Waals surface area contributed by atoms with Crippen LogP contribution in [-0.4, -0.2) is 44.0 Å². The molecule has 5 rings (SSSR count). The highest BCUT2D eigenvalue weighted by Gasteiger charge is 2.33. The summed E-state index contributed by atoms with van der Waals surface area (Å²) in [5.74, 6) is 0.0984. The molecule has 39 heavy (non-hydrogen) atoms. The van der Waals surface area contributed by atoms with Crippen LogP contribution in [0.2, 0.25) is 0 Å². The summed E-state index contributed by atoms with van der Waals surface area (Å²) in [5, 5.41) is 7.37. The molecule has 202 valence electrons. The van der Waals surface area contributed by atoms with Crippen LogP contribution in [0.3, 0.4) is 0 Å². The molecule has 2 aromatic carbocycles. The number of rotatable bonds is 5. The van der Waals surface area contributed by atoms with Gasteiger partial charge in [0.05, 0.1) is 24.1 Å². The number of hydrogen-bond donors (Lipinski definition) is 1. The van der Waals surface area contributed by atoms with Crippen LogP contribution in [0.25, 0.3) is 11.3 Å². The van der Waals surface area contributed by atoms with E-state index < -0.39 is 0 Å². The summed E-state index contributed by atoms with van der Waals surface area (Å²) in [6.45, 7) is 8.49. The van der Waals surface area contributed by atoms with Gasteiger partial charge in [-0.05, 0) is 80.6 Å². The molecule has 0 bridgehead atoms. The van der Waals surface area contributed by atoms with Gasteiger partial charge in [0.1, 0.15) is 5.65 Å². The topological polar surface area (TPSA) is 88.7 Å². The van der Waals surface area contributed by atoms with Gasteiger partial charge in [0.15, 0.2) is 0 Å². The molecule has 1 atom stereocenters. The van der Waals surface area contributed by atoms with Crippen LogP contribution in [0.15, 0.2) is 57.9 Å². The molecule has 0 saturated heterocycles. The number of nitrogens with one attached hydrogen (secondary N) is 1. The molecule has 0 saturated carbocycles. The molecule has 1 N–H and O–H groups in total. The zero-order valence-corrected chi connectivity index (χ0v) is 24.4. The normalized spacial score (nSPS) is 15.1. The summed E-state index contributed by atoms with van der Waals surface area (Å²) in [4.78, 5) is 41.7. The van der Waals surface area contributed by atoms with Crippen molar-refractivity contribution < 1.29 is 9.59 Å². The fraction of sp³-hybridized carbons (Fsp3) is 0.333. The molecule has 0 aliphatic carbocycles. The Balaban J connectivity index is 1.66. The zero-order chi connectivity index (χ0) is 28.0. The lowest BCUT2D eigenvalue weighted by Gasteiger charge is -2.35. The molecule has 0 unspecified atom stereocenters. The molecule has 9 heteroatoms. The van der Waals surface area contributed by atoms with Gasteiger partial charge in [0.25, 0.3) is 17.4 Å². The van der Waals surface area contributed by atoms with E-state index >= 15 is 0 Å². The Labute approximate surface area is 235 Å². The molecule has 0 fully saturated rings. The smallest absolute Gasteiger partial charge is 0.261 e. The SMILES string of the molecule is CNC(=O)c1ccc(-n2c(=O)c3c(n4ncc(CC(C)C)c24)CN(C(=O)c2ccc(Br)c(C)c2)[C@@H](C)C3)cc1. The summed E-state index contributed by atoms with van der Waals surface area (Å²) in [6, 6.07) is 12.5. The number of amides is 2. The predicted octanol–water partition coefficient (Wildman–Crippen LogP) is 4.70. The van der Waals surface area contributed by atoms with Crippen LogP contribution in [0, 0.1) is 12.8 Å². The number of aryl methyl sites for hydroxylation is 1. The first-order valence-electron chi connectivity index (χ1n) is 13.1. The largest absolute Gasteiger partial charge is 0.355 e. The van der Waals surface area contributed by atoms with E-state index in [9.17, 15) is 14.4 Å². The van der Waals surface area contributed by atoms with Crippen molar-refractivity contribution in [3.8, 4) is 5.69 Å². The Morgan fingerprint density at radius 1 is 1.13 bits per heavy atom. The molecular weight excluding hydrogens is 558 g/mol. The monoisotopic (exact) mass is 589 g/mol. The lowest BCUT2D eigenvalue weighted by molar-refractivity contribution is 0.0651. The van der Waals surface area contributed by atoms with Gasteiger partial charge in [-0.1, -0.05) is 29.8 Å². The van der Waals surface area contributed by atoms with Crippen molar-refractivity contribution in [3.63, 3.8) is 0 Å². The predicted molar refractivity (Wildman–Crippen MR) is 155 cm³/mol. The van der Waals surface area contributed by atoms with Crippen LogP contribution >= 0.6 is 15.9 Å². The molecule has 1 aliphatic rings. The van der Waals surface area contributed by atoms with Crippen LogP contribution in [0.1, 0.15) is 63.9 Å². The number of nitrogens with zero attached hydrogens (tertiary/aromatic N) is 4. The summed E-state index contributed by atoms with van der Waals surface area (Å²) in [5.41, 5.74) is 5.73. The fourth-order valence-electron chi connectivity index (χ4n) is 5.33. The average Bonchev–Trinajstić information content (AvgIpc) is 3.32. The molecule has 0 radical (unpaired) electrons. The van der Waals surface area contributed by atoms with Crippen LogP contribution in [-0.2, 0) is 19.4 Å². The molecule has 0 spiro atoms. The molecule has 2 amide bonds. The zero-order valence-electron chi connectivity index (χ0n) is 22.8. The Morgan fingerprint density at radius 3 is 2.46 bits per heavy atom. The van der Waals surface area contributed by atoms with E-state index in [4.69, 9.17) is 5.10 Å². The summed E-state index contributed by atoms with van der Waals surface area (Å²) >= 11 is 3.51. The minimum atomic E-state index is -0.186. The van der Waals surface area contributed by atoms with Crippen LogP contribution in [0.5, 0.6) is 0 Å². The van der Waals surface area contributed by atoms with E-state index in [1.54, 1.807) is 35.9 Å². The third-order valence-electron chi connectivity index (χ3n) is 7.35.